The number of hydrogen-bond donors (Lipinski definition) is 0. The molecule has 1 fully saturated rings. The molecule has 1 saturated heterocycles. The van der Waals surface area contributed by atoms with Crippen molar-refractivity contribution in [3.8, 4) is 0 Å². The van der Waals surface area contributed by atoms with Gasteiger partial charge in [-0.25, -0.2) is 4.39 Å². The molecule has 0 aliphatic carbocycles. The van der Waals surface area contributed by atoms with Crippen molar-refractivity contribution in [3.63, 3.8) is 0 Å². The number of aromatic nitrogens is 1. The Hall–Kier alpha value is -2.37. The van der Waals surface area contributed by atoms with Gasteiger partial charge < -0.3 is 14.2 Å². The number of carbonyl (C=O) groups excluding carboxylic acids is 1. The van der Waals surface area contributed by atoms with E-state index in [-0.39, 0.29) is 11.7 Å². The van der Waals surface area contributed by atoms with Gasteiger partial charge >= 0.3 is 0 Å². The number of methoxy groups -OCH3 is 1. The van der Waals surface area contributed by atoms with E-state index in [2.05, 4.69) is 0 Å². The highest BCUT2D eigenvalue weighted by Gasteiger charge is 2.25. The predicted octanol–water partition coefficient (Wildman–Crippen LogP) is 5.13. The van der Waals surface area contributed by atoms with Gasteiger partial charge in [0.1, 0.15) is 12.5 Å². The average molecular weight is 415 g/mol. The lowest BCUT2D eigenvalue weighted by Crippen LogP contribution is -2.39. The Morgan fingerprint density at radius 1 is 1.17 bits per heavy atom. The molecule has 4 rings (SSSR count). The number of benzene rings is 2. The Labute approximate surface area is 174 Å². The third kappa shape index (κ3) is 4.31. The Bertz CT molecular complexity index is 1010. The molecule has 4 nitrogen and oxygen atoms in total. The van der Waals surface area contributed by atoms with E-state index >= 15 is 0 Å². The van der Waals surface area contributed by atoms with E-state index in [0.29, 0.717) is 36.3 Å². The van der Waals surface area contributed by atoms with Crippen molar-refractivity contribution in [2.24, 2.45) is 5.92 Å². The molecule has 0 N–H and O–H groups in total. The van der Waals surface area contributed by atoms with E-state index in [0.717, 1.165) is 35.7 Å². The molecule has 1 aliphatic heterocycles. The lowest BCUT2D eigenvalue weighted by Gasteiger charge is -2.32. The molecule has 0 saturated carbocycles. The van der Waals surface area contributed by atoms with Gasteiger partial charge in [0.05, 0.1) is 16.1 Å². The van der Waals surface area contributed by atoms with Gasteiger partial charge in [0.2, 0.25) is 0 Å². The number of amides is 1. The van der Waals surface area contributed by atoms with Crippen LogP contribution in [0.1, 0.15) is 28.8 Å². The van der Waals surface area contributed by atoms with Crippen molar-refractivity contribution in [2.45, 2.75) is 26.0 Å². The van der Waals surface area contributed by atoms with Crippen LogP contribution in [0.2, 0.25) is 5.02 Å². The Balaban J connectivity index is 1.42. The number of piperidine rings is 1. The maximum atomic E-state index is 13.1. The molecule has 0 atom stereocenters. The zero-order chi connectivity index (χ0) is 20.4. The summed E-state index contributed by atoms with van der Waals surface area (Å²) in [6, 6.07) is 12.4. The number of carbonyl (C=O) groups is 1. The standard InChI is InChI=1S/C23H24ClFN2O2/c1-29-15-27-11-8-18-13-20(21(24)14-22(18)27)23(28)26-9-6-17(7-10-26)12-16-2-4-19(25)5-3-16/h2-5,8,11,13-14,17H,6-7,9-10,12,15H2,1H3. The van der Waals surface area contributed by atoms with Crippen molar-refractivity contribution in [3.05, 3.63) is 70.6 Å². The van der Waals surface area contributed by atoms with Crippen LogP contribution in [0, 0.1) is 11.7 Å². The minimum atomic E-state index is -0.208. The summed E-state index contributed by atoms with van der Waals surface area (Å²) in [5.74, 6) is 0.280. The topological polar surface area (TPSA) is 34.5 Å². The van der Waals surface area contributed by atoms with E-state index < -0.39 is 0 Å². The Morgan fingerprint density at radius 3 is 2.59 bits per heavy atom. The van der Waals surface area contributed by atoms with Gasteiger partial charge in [-0.05, 0) is 61.1 Å². The maximum absolute atomic E-state index is 13.1. The number of rotatable bonds is 5. The summed E-state index contributed by atoms with van der Waals surface area (Å²) in [5.41, 5.74) is 2.64. The third-order valence-corrected chi connectivity index (χ3v) is 6.01. The molecule has 6 heteroatoms. The number of nitrogens with zero attached hydrogens (tertiary/aromatic N) is 2. The fourth-order valence-corrected chi connectivity index (χ4v) is 4.33. The van der Waals surface area contributed by atoms with Crippen LogP contribution in [-0.2, 0) is 17.9 Å². The maximum Gasteiger partial charge on any atom is 0.255 e. The summed E-state index contributed by atoms with van der Waals surface area (Å²) in [5, 5.41) is 1.44. The van der Waals surface area contributed by atoms with E-state index in [1.54, 1.807) is 7.11 Å². The number of fused-ring (bicyclic) bond motifs is 1. The van der Waals surface area contributed by atoms with Gasteiger partial charge in [-0.15, -0.1) is 0 Å². The molecular formula is C23H24ClFN2O2. The first-order valence-corrected chi connectivity index (χ1v) is 10.2. The molecule has 3 aromatic rings. The highest BCUT2D eigenvalue weighted by atomic mass is 35.5. The second-order valence-electron chi connectivity index (χ2n) is 7.66. The molecule has 2 heterocycles. The van der Waals surface area contributed by atoms with Crippen LogP contribution in [0.25, 0.3) is 10.9 Å². The number of ether oxygens (including phenoxy) is 1. The molecule has 1 aromatic heterocycles. The summed E-state index contributed by atoms with van der Waals surface area (Å²) >= 11 is 6.46. The van der Waals surface area contributed by atoms with Crippen molar-refractivity contribution in [2.75, 3.05) is 20.2 Å². The number of likely N-dealkylation sites (tertiary alicyclic amines) is 1. The van der Waals surface area contributed by atoms with E-state index in [1.807, 2.05) is 46.0 Å². The first-order valence-electron chi connectivity index (χ1n) is 9.86. The number of hydrogen-bond acceptors (Lipinski definition) is 2. The van der Waals surface area contributed by atoms with Crippen LogP contribution in [0.3, 0.4) is 0 Å². The number of halogens is 2. The fraction of sp³-hybridized carbons (Fsp3) is 0.348. The molecule has 29 heavy (non-hydrogen) atoms. The summed E-state index contributed by atoms with van der Waals surface area (Å²) in [4.78, 5) is 15.0. The molecule has 0 unspecified atom stereocenters. The van der Waals surface area contributed by atoms with Gasteiger partial charge in [0, 0.05) is 31.8 Å². The molecular weight excluding hydrogens is 391 g/mol. The highest BCUT2D eigenvalue weighted by Crippen LogP contribution is 2.28. The van der Waals surface area contributed by atoms with Crippen LogP contribution in [0.5, 0.6) is 0 Å². The minimum absolute atomic E-state index is 0.0170. The van der Waals surface area contributed by atoms with Crippen LogP contribution in [0.15, 0.2) is 48.7 Å². The van der Waals surface area contributed by atoms with Gasteiger partial charge in [-0.2, -0.15) is 0 Å². The van der Waals surface area contributed by atoms with Crippen molar-refractivity contribution in [1.82, 2.24) is 9.47 Å². The molecule has 152 valence electrons. The minimum Gasteiger partial charge on any atom is -0.364 e. The first kappa shape index (κ1) is 19.9. The van der Waals surface area contributed by atoms with Crippen molar-refractivity contribution in [1.29, 1.82) is 0 Å². The highest BCUT2D eigenvalue weighted by molar-refractivity contribution is 6.34. The molecule has 1 aliphatic rings. The van der Waals surface area contributed by atoms with Crippen molar-refractivity contribution >= 4 is 28.4 Å². The van der Waals surface area contributed by atoms with Crippen LogP contribution in [-0.4, -0.2) is 35.6 Å². The van der Waals surface area contributed by atoms with Crippen LogP contribution >= 0.6 is 11.6 Å². The summed E-state index contributed by atoms with van der Waals surface area (Å²) in [6.07, 6.45) is 4.72. The van der Waals surface area contributed by atoms with E-state index in [1.165, 1.54) is 12.1 Å². The molecule has 0 spiro atoms. The zero-order valence-corrected chi connectivity index (χ0v) is 17.2. The summed E-state index contributed by atoms with van der Waals surface area (Å²) in [7, 11) is 1.64. The van der Waals surface area contributed by atoms with Gasteiger partial charge in [-0.1, -0.05) is 23.7 Å². The second-order valence-corrected chi connectivity index (χ2v) is 8.07. The monoisotopic (exact) mass is 414 g/mol. The third-order valence-electron chi connectivity index (χ3n) is 5.70. The van der Waals surface area contributed by atoms with E-state index in [4.69, 9.17) is 16.3 Å². The quantitative estimate of drug-likeness (QED) is 0.579. The Kier molecular flexibility index (Phi) is 5.88. The summed E-state index contributed by atoms with van der Waals surface area (Å²) < 4.78 is 20.2. The molecule has 0 radical (unpaired) electrons. The van der Waals surface area contributed by atoms with Gasteiger partial charge in [0.15, 0.2) is 0 Å². The lowest BCUT2D eigenvalue weighted by atomic mass is 9.90. The first-order chi connectivity index (χ1) is 14.0. The molecule has 1 amide bonds. The SMILES string of the molecule is COCn1ccc2cc(C(=O)N3CCC(Cc4ccc(F)cc4)CC3)c(Cl)cc21. The van der Waals surface area contributed by atoms with E-state index in [9.17, 15) is 9.18 Å². The lowest BCUT2D eigenvalue weighted by molar-refractivity contribution is 0.0691. The van der Waals surface area contributed by atoms with Gasteiger partial charge in [0.25, 0.3) is 5.91 Å². The average Bonchev–Trinajstić information content (AvgIpc) is 3.11. The van der Waals surface area contributed by atoms with Gasteiger partial charge in [-0.3, -0.25) is 4.79 Å². The molecule has 0 bridgehead atoms. The Morgan fingerprint density at radius 2 is 1.90 bits per heavy atom. The van der Waals surface area contributed by atoms with Crippen LogP contribution < -0.4 is 0 Å². The zero-order valence-electron chi connectivity index (χ0n) is 16.4. The largest absolute Gasteiger partial charge is 0.364 e. The fourth-order valence-electron chi connectivity index (χ4n) is 4.09. The second kappa shape index (κ2) is 8.56. The normalized spacial score (nSPS) is 15.2. The summed E-state index contributed by atoms with van der Waals surface area (Å²) in [6.45, 7) is 1.86. The van der Waals surface area contributed by atoms with Crippen LogP contribution in [0.4, 0.5) is 4.39 Å². The smallest absolute Gasteiger partial charge is 0.255 e. The predicted molar refractivity (Wildman–Crippen MR) is 113 cm³/mol. The molecule has 2 aromatic carbocycles. The van der Waals surface area contributed by atoms with Crippen molar-refractivity contribution < 1.29 is 13.9 Å².